The van der Waals surface area contributed by atoms with Crippen LogP contribution >= 0.6 is 0 Å². The maximum atomic E-state index is 9.18. The van der Waals surface area contributed by atoms with Gasteiger partial charge in [0.1, 0.15) is 0 Å². The third-order valence-corrected chi connectivity index (χ3v) is 8.30. The van der Waals surface area contributed by atoms with Gasteiger partial charge in [0, 0.05) is 13.0 Å². The molecular formula is C14H26O3Si. The highest BCUT2D eigenvalue weighted by atomic mass is 28.4. The Labute approximate surface area is 111 Å². The maximum Gasteiger partial charge on any atom is 0.192 e. The Kier molecular flexibility index (Phi) is 5.19. The number of hydrogen-bond acceptors (Lipinski definition) is 3. The normalized spacial score (nSPS) is 14.8. The molecule has 0 radical (unpaired) electrons. The van der Waals surface area contributed by atoms with E-state index in [1.165, 1.54) is 0 Å². The van der Waals surface area contributed by atoms with E-state index in [1.807, 2.05) is 6.07 Å². The van der Waals surface area contributed by atoms with Crippen molar-refractivity contribution >= 4 is 8.32 Å². The SMILES string of the molecule is CC(C)(C)[Si](C)(C)O[C@@H](CCO)Cc1ccoc1. The number of aliphatic hydroxyl groups is 1. The van der Waals surface area contributed by atoms with Crippen molar-refractivity contribution in [2.75, 3.05) is 6.61 Å². The van der Waals surface area contributed by atoms with Crippen molar-refractivity contribution in [3.8, 4) is 0 Å². The molecule has 1 N–H and O–H groups in total. The van der Waals surface area contributed by atoms with Crippen molar-refractivity contribution in [3.63, 3.8) is 0 Å². The second-order valence-electron chi connectivity index (χ2n) is 6.35. The van der Waals surface area contributed by atoms with Gasteiger partial charge < -0.3 is 13.9 Å². The predicted molar refractivity (Wildman–Crippen MR) is 76.2 cm³/mol. The lowest BCUT2D eigenvalue weighted by Gasteiger charge is -2.39. The fourth-order valence-corrected chi connectivity index (χ4v) is 3.00. The van der Waals surface area contributed by atoms with Crippen LogP contribution in [0.25, 0.3) is 0 Å². The van der Waals surface area contributed by atoms with Crippen LogP contribution in [0.1, 0.15) is 32.8 Å². The summed E-state index contributed by atoms with van der Waals surface area (Å²) >= 11 is 0. The van der Waals surface area contributed by atoms with E-state index in [-0.39, 0.29) is 17.7 Å². The number of aliphatic hydroxyl groups excluding tert-OH is 1. The van der Waals surface area contributed by atoms with Crippen molar-refractivity contribution in [2.45, 2.75) is 57.8 Å². The van der Waals surface area contributed by atoms with E-state index >= 15 is 0 Å². The molecule has 0 fully saturated rings. The first-order valence-corrected chi connectivity index (χ1v) is 9.47. The Morgan fingerprint density at radius 2 is 2.06 bits per heavy atom. The van der Waals surface area contributed by atoms with Crippen LogP contribution in [0.4, 0.5) is 0 Å². The molecule has 1 rings (SSSR count). The highest BCUT2D eigenvalue weighted by Crippen LogP contribution is 2.37. The van der Waals surface area contributed by atoms with Gasteiger partial charge in [0.05, 0.1) is 18.6 Å². The molecule has 0 aliphatic rings. The molecule has 104 valence electrons. The van der Waals surface area contributed by atoms with Gasteiger partial charge in [0.2, 0.25) is 0 Å². The van der Waals surface area contributed by atoms with Crippen LogP contribution in [0.5, 0.6) is 0 Å². The van der Waals surface area contributed by atoms with E-state index in [1.54, 1.807) is 12.5 Å². The van der Waals surface area contributed by atoms with Crippen molar-refractivity contribution in [2.24, 2.45) is 0 Å². The quantitative estimate of drug-likeness (QED) is 0.803. The second kappa shape index (κ2) is 6.04. The summed E-state index contributed by atoms with van der Waals surface area (Å²) in [6.45, 7) is 11.3. The van der Waals surface area contributed by atoms with Crippen molar-refractivity contribution in [1.82, 2.24) is 0 Å². The summed E-state index contributed by atoms with van der Waals surface area (Å²) in [6.07, 6.45) is 4.99. The largest absolute Gasteiger partial charge is 0.472 e. The van der Waals surface area contributed by atoms with E-state index in [0.717, 1.165) is 12.0 Å². The lowest BCUT2D eigenvalue weighted by Crippen LogP contribution is -2.44. The zero-order valence-electron chi connectivity index (χ0n) is 12.2. The highest BCUT2D eigenvalue weighted by molar-refractivity contribution is 6.74. The topological polar surface area (TPSA) is 42.6 Å². The van der Waals surface area contributed by atoms with Crippen LogP contribution < -0.4 is 0 Å². The minimum atomic E-state index is -1.78. The Morgan fingerprint density at radius 3 is 2.50 bits per heavy atom. The molecule has 4 heteroatoms. The Balaban J connectivity index is 2.68. The van der Waals surface area contributed by atoms with Gasteiger partial charge in [-0.2, -0.15) is 0 Å². The van der Waals surface area contributed by atoms with Gasteiger partial charge in [-0.15, -0.1) is 0 Å². The molecule has 0 amide bonds. The molecular weight excluding hydrogens is 244 g/mol. The molecule has 0 bridgehead atoms. The molecule has 0 aliphatic heterocycles. The molecule has 3 nitrogen and oxygen atoms in total. The van der Waals surface area contributed by atoms with Crippen molar-refractivity contribution in [3.05, 3.63) is 24.2 Å². The van der Waals surface area contributed by atoms with E-state index < -0.39 is 8.32 Å². The standard InChI is InChI=1S/C14H26O3Si/c1-14(2,3)18(4,5)17-13(6-8-15)10-12-7-9-16-11-12/h7,9,11,13,15H,6,8,10H2,1-5H3/t13-/m0/s1. The van der Waals surface area contributed by atoms with Crippen LogP contribution in [0, 0.1) is 0 Å². The summed E-state index contributed by atoms with van der Waals surface area (Å²) in [5.41, 5.74) is 1.13. The second-order valence-corrected chi connectivity index (χ2v) is 11.1. The van der Waals surface area contributed by atoms with Gasteiger partial charge in [-0.3, -0.25) is 0 Å². The van der Waals surface area contributed by atoms with Gasteiger partial charge in [0.15, 0.2) is 8.32 Å². The molecule has 1 atom stereocenters. The van der Waals surface area contributed by atoms with Gasteiger partial charge in [-0.05, 0) is 36.2 Å². The van der Waals surface area contributed by atoms with Crippen LogP contribution in [0.15, 0.2) is 23.0 Å². The van der Waals surface area contributed by atoms with Gasteiger partial charge in [-0.25, -0.2) is 0 Å². The zero-order chi connectivity index (χ0) is 13.8. The van der Waals surface area contributed by atoms with Crippen LogP contribution in [-0.2, 0) is 10.8 Å². The lowest BCUT2D eigenvalue weighted by molar-refractivity contribution is 0.139. The lowest BCUT2D eigenvalue weighted by atomic mass is 10.1. The minimum Gasteiger partial charge on any atom is -0.472 e. The summed E-state index contributed by atoms with van der Waals surface area (Å²) in [6, 6.07) is 1.96. The van der Waals surface area contributed by atoms with Crippen LogP contribution in [0.2, 0.25) is 18.1 Å². The van der Waals surface area contributed by atoms with Crippen LogP contribution in [0.3, 0.4) is 0 Å². The number of hydrogen-bond donors (Lipinski definition) is 1. The fourth-order valence-electron chi connectivity index (χ4n) is 1.61. The fraction of sp³-hybridized carbons (Fsp3) is 0.714. The molecule has 0 aromatic carbocycles. The molecule has 1 aromatic rings. The molecule has 1 aromatic heterocycles. The van der Waals surface area contributed by atoms with E-state index in [9.17, 15) is 5.11 Å². The first kappa shape index (κ1) is 15.5. The molecule has 0 saturated carbocycles. The Morgan fingerprint density at radius 1 is 1.39 bits per heavy atom. The van der Waals surface area contributed by atoms with Crippen molar-refractivity contribution < 1.29 is 13.9 Å². The summed E-state index contributed by atoms with van der Waals surface area (Å²) in [5.74, 6) is 0. The predicted octanol–water partition coefficient (Wildman–Crippen LogP) is 3.59. The van der Waals surface area contributed by atoms with Crippen molar-refractivity contribution in [1.29, 1.82) is 0 Å². The highest BCUT2D eigenvalue weighted by Gasteiger charge is 2.39. The summed E-state index contributed by atoms with van der Waals surface area (Å²) in [5, 5.41) is 9.37. The molecule has 18 heavy (non-hydrogen) atoms. The van der Waals surface area contributed by atoms with Gasteiger partial charge in [0.25, 0.3) is 0 Å². The maximum absolute atomic E-state index is 9.18. The first-order chi connectivity index (χ1) is 8.26. The first-order valence-electron chi connectivity index (χ1n) is 6.56. The number of furan rings is 1. The van der Waals surface area contributed by atoms with Gasteiger partial charge >= 0.3 is 0 Å². The molecule has 1 heterocycles. The van der Waals surface area contributed by atoms with E-state index in [0.29, 0.717) is 6.42 Å². The summed E-state index contributed by atoms with van der Waals surface area (Å²) in [4.78, 5) is 0. The average Bonchev–Trinajstić information content (AvgIpc) is 2.68. The van der Waals surface area contributed by atoms with E-state index in [2.05, 4.69) is 33.9 Å². The third-order valence-electron chi connectivity index (χ3n) is 3.76. The summed E-state index contributed by atoms with van der Waals surface area (Å²) < 4.78 is 11.4. The third kappa shape index (κ3) is 4.26. The Bertz CT molecular complexity index is 338. The number of rotatable bonds is 6. The van der Waals surface area contributed by atoms with Gasteiger partial charge in [-0.1, -0.05) is 20.8 Å². The van der Waals surface area contributed by atoms with Crippen LogP contribution in [-0.4, -0.2) is 26.1 Å². The molecule has 0 spiro atoms. The molecule has 0 unspecified atom stereocenters. The van der Waals surface area contributed by atoms with E-state index in [4.69, 9.17) is 8.84 Å². The summed E-state index contributed by atoms with van der Waals surface area (Å²) in [7, 11) is -1.78. The Hall–Kier alpha value is -0.583. The molecule has 0 saturated heterocycles. The zero-order valence-corrected chi connectivity index (χ0v) is 13.2. The minimum absolute atomic E-state index is 0.0773. The molecule has 0 aliphatic carbocycles. The average molecular weight is 270 g/mol. The monoisotopic (exact) mass is 270 g/mol. The smallest absolute Gasteiger partial charge is 0.192 e.